The van der Waals surface area contributed by atoms with Gasteiger partial charge in [-0.25, -0.2) is 9.78 Å². The number of rotatable bonds is 8. The van der Waals surface area contributed by atoms with Crippen LogP contribution < -0.4 is 10.6 Å². The third-order valence-corrected chi connectivity index (χ3v) is 4.69. The summed E-state index contributed by atoms with van der Waals surface area (Å²) in [5.74, 6) is 0.523. The number of aromatic nitrogens is 2. The van der Waals surface area contributed by atoms with Gasteiger partial charge in [-0.1, -0.05) is 13.8 Å². The number of aryl methyl sites for hydroxylation is 1. The first-order chi connectivity index (χ1) is 11.6. The van der Waals surface area contributed by atoms with Gasteiger partial charge in [-0.2, -0.15) is 0 Å². The summed E-state index contributed by atoms with van der Waals surface area (Å²) in [6.07, 6.45) is 6.40. The lowest BCUT2D eigenvalue weighted by Gasteiger charge is -2.39. The molecule has 1 aliphatic heterocycles. The van der Waals surface area contributed by atoms with Crippen molar-refractivity contribution in [3.63, 3.8) is 0 Å². The third kappa shape index (κ3) is 6.13. The molecule has 0 spiro atoms. The Morgan fingerprint density at radius 2 is 1.96 bits per heavy atom. The molecule has 136 valence electrons. The topological polar surface area (TPSA) is 65.4 Å². The lowest BCUT2D eigenvalue weighted by Crippen LogP contribution is -2.55. The van der Waals surface area contributed by atoms with Crippen LogP contribution in [0.4, 0.5) is 4.79 Å². The quantitative estimate of drug-likeness (QED) is 0.691. The number of amides is 2. The smallest absolute Gasteiger partial charge is 0.314 e. The standard InChI is InChI=1S/C17H32N6O/c1-15(2)16(23-11-9-21(3)10-12-23)13-20-17(24)19-5-4-7-22-8-6-18-14-22/h6,8,14-16H,4-5,7,9-13H2,1-3H3,(H2,19,20,24)/t16-/m1/s1. The summed E-state index contributed by atoms with van der Waals surface area (Å²) in [5.41, 5.74) is 0. The molecule has 2 heterocycles. The molecule has 2 rings (SSSR count). The first kappa shape index (κ1) is 18.7. The van der Waals surface area contributed by atoms with Crippen LogP contribution in [0.25, 0.3) is 0 Å². The van der Waals surface area contributed by atoms with Crippen LogP contribution in [0, 0.1) is 5.92 Å². The molecule has 1 aromatic rings. The number of imidazole rings is 1. The van der Waals surface area contributed by atoms with E-state index in [0.29, 0.717) is 25.0 Å². The van der Waals surface area contributed by atoms with Gasteiger partial charge < -0.3 is 20.1 Å². The molecule has 1 saturated heterocycles. The number of nitrogens with zero attached hydrogens (tertiary/aromatic N) is 4. The summed E-state index contributed by atoms with van der Waals surface area (Å²) in [4.78, 5) is 20.9. The first-order valence-electron chi connectivity index (χ1n) is 8.96. The zero-order chi connectivity index (χ0) is 17.4. The van der Waals surface area contributed by atoms with Gasteiger partial charge in [0.05, 0.1) is 6.33 Å². The Labute approximate surface area is 145 Å². The fraction of sp³-hybridized carbons (Fsp3) is 0.765. The first-order valence-corrected chi connectivity index (χ1v) is 8.96. The van der Waals surface area contributed by atoms with Crippen molar-refractivity contribution in [3.8, 4) is 0 Å². The molecule has 1 aliphatic rings. The second-order valence-electron chi connectivity index (χ2n) is 6.94. The molecule has 0 unspecified atom stereocenters. The Bertz CT molecular complexity index is 467. The van der Waals surface area contributed by atoms with E-state index in [1.165, 1.54) is 0 Å². The Hall–Kier alpha value is -1.60. The van der Waals surface area contributed by atoms with Crippen molar-refractivity contribution in [2.75, 3.05) is 46.3 Å². The van der Waals surface area contributed by atoms with Gasteiger partial charge in [-0.15, -0.1) is 0 Å². The third-order valence-electron chi connectivity index (χ3n) is 4.69. The molecule has 7 heteroatoms. The van der Waals surface area contributed by atoms with E-state index in [1.807, 2.05) is 10.8 Å². The van der Waals surface area contributed by atoms with Gasteiger partial charge in [0, 0.05) is 64.2 Å². The van der Waals surface area contributed by atoms with Crippen molar-refractivity contribution in [2.24, 2.45) is 5.92 Å². The van der Waals surface area contributed by atoms with Gasteiger partial charge in [0.25, 0.3) is 0 Å². The number of piperazine rings is 1. The highest BCUT2D eigenvalue weighted by molar-refractivity contribution is 5.73. The summed E-state index contributed by atoms with van der Waals surface area (Å²) < 4.78 is 2.02. The average Bonchev–Trinajstić information content (AvgIpc) is 3.06. The molecule has 1 atom stereocenters. The number of hydrogen-bond acceptors (Lipinski definition) is 4. The second kappa shape index (κ2) is 9.64. The van der Waals surface area contributed by atoms with Crippen molar-refractivity contribution in [3.05, 3.63) is 18.7 Å². The minimum atomic E-state index is -0.0691. The van der Waals surface area contributed by atoms with Crippen LogP contribution in [0.2, 0.25) is 0 Å². The lowest BCUT2D eigenvalue weighted by atomic mass is 10.0. The lowest BCUT2D eigenvalue weighted by molar-refractivity contribution is 0.0887. The molecular weight excluding hydrogens is 304 g/mol. The summed E-state index contributed by atoms with van der Waals surface area (Å²) in [5, 5.41) is 5.98. The van der Waals surface area contributed by atoms with Crippen LogP contribution in [0.1, 0.15) is 20.3 Å². The van der Waals surface area contributed by atoms with E-state index in [4.69, 9.17) is 0 Å². The van der Waals surface area contributed by atoms with Gasteiger partial charge in [0.2, 0.25) is 0 Å². The zero-order valence-electron chi connectivity index (χ0n) is 15.2. The van der Waals surface area contributed by atoms with Gasteiger partial charge in [-0.05, 0) is 19.4 Å². The second-order valence-corrected chi connectivity index (χ2v) is 6.94. The highest BCUT2D eigenvalue weighted by Crippen LogP contribution is 2.12. The Morgan fingerprint density at radius 1 is 1.21 bits per heavy atom. The van der Waals surface area contributed by atoms with E-state index in [1.54, 1.807) is 12.5 Å². The Balaban J connectivity index is 1.64. The van der Waals surface area contributed by atoms with Gasteiger partial charge in [0.15, 0.2) is 0 Å². The van der Waals surface area contributed by atoms with E-state index in [0.717, 1.165) is 39.1 Å². The minimum absolute atomic E-state index is 0.0691. The summed E-state index contributed by atoms with van der Waals surface area (Å²) in [6.45, 7) is 11.1. The molecule has 0 aliphatic carbocycles. The van der Waals surface area contributed by atoms with Crippen LogP contribution in [0.5, 0.6) is 0 Å². The van der Waals surface area contributed by atoms with Crippen molar-refractivity contribution >= 4 is 6.03 Å². The van der Waals surface area contributed by atoms with E-state index in [-0.39, 0.29) is 6.03 Å². The number of carbonyl (C=O) groups is 1. The molecule has 0 bridgehead atoms. The van der Waals surface area contributed by atoms with E-state index >= 15 is 0 Å². The number of urea groups is 1. The normalized spacial score (nSPS) is 17.8. The molecule has 0 aromatic carbocycles. The molecule has 1 aromatic heterocycles. The molecule has 7 nitrogen and oxygen atoms in total. The average molecular weight is 336 g/mol. The molecule has 24 heavy (non-hydrogen) atoms. The number of hydrogen-bond donors (Lipinski definition) is 2. The fourth-order valence-corrected chi connectivity index (χ4v) is 3.08. The van der Waals surface area contributed by atoms with E-state index in [9.17, 15) is 4.79 Å². The Kier molecular flexibility index (Phi) is 7.52. The monoisotopic (exact) mass is 336 g/mol. The fourth-order valence-electron chi connectivity index (χ4n) is 3.08. The number of likely N-dealkylation sites (N-methyl/N-ethyl adjacent to an activating group) is 1. The zero-order valence-corrected chi connectivity index (χ0v) is 15.2. The van der Waals surface area contributed by atoms with Crippen molar-refractivity contribution in [1.29, 1.82) is 0 Å². The Morgan fingerprint density at radius 3 is 2.58 bits per heavy atom. The van der Waals surface area contributed by atoms with Crippen LogP contribution >= 0.6 is 0 Å². The maximum absolute atomic E-state index is 12.0. The van der Waals surface area contributed by atoms with Crippen molar-refractivity contribution in [2.45, 2.75) is 32.9 Å². The maximum atomic E-state index is 12.0. The molecular formula is C17H32N6O. The summed E-state index contributed by atoms with van der Waals surface area (Å²) in [7, 11) is 2.16. The number of carbonyl (C=O) groups excluding carboxylic acids is 1. The molecule has 2 amide bonds. The molecule has 1 fully saturated rings. The highest BCUT2D eigenvalue weighted by Gasteiger charge is 2.25. The van der Waals surface area contributed by atoms with Gasteiger partial charge in [0.1, 0.15) is 0 Å². The van der Waals surface area contributed by atoms with Crippen LogP contribution in [0.3, 0.4) is 0 Å². The van der Waals surface area contributed by atoms with Gasteiger partial charge >= 0.3 is 6.03 Å². The predicted molar refractivity (Wildman–Crippen MR) is 95.9 cm³/mol. The molecule has 2 N–H and O–H groups in total. The van der Waals surface area contributed by atoms with Crippen molar-refractivity contribution < 1.29 is 4.79 Å². The minimum Gasteiger partial charge on any atom is -0.338 e. The van der Waals surface area contributed by atoms with Crippen molar-refractivity contribution in [1.82, 2.24) is 30.0 Å². The van der Waals surface area contributed by atoms with Gasteiger partial charge in [-0.3, -0.25) is 4.90 Å². The van der Waals surface area contributed by atoms with Crippen LogP contribution in [-0.2, 0) is 6.54 Å². The largest absolute Gasteiger partial charge is 0.338 e. The molecule has 0 saturated carbocycles. The number of nitrogens with one attached hydrogen (secondary N) is 2. The van der Waals surface area contributed by atoms with Crippen LogP contribution in [-0.4, -0.2) is 77.7 Å². The molecule has 0 radical (unpaired) electrons. The predicted octanol–water partition coefficient (Wildman–Crippen LogP) is 0.844. The highest BCUT2D eigenvalue weighted by atomic mass is 16.2. The summed E-state index contributed by atoms with van der Waals surface area (Å²) in [6, 6.07) is 0.329. The summed E-state index contributed by atoms with van der Waals surface area (Å²) >= 11 is 0. The van der Waals surface area contributed by atoms with E-state index < -0.39 is 0 Å². The maximum Gasteiger partial charge on any atom is 0.314 e. The van der Waals surface area contributed by atoms with Crippen LogP contribution in [0.15, 0.2) is 18.7 Å². The van der Waals surface area contributed by atoms with E-state index in [2.05, 4.69) is 46.3 Å². The SMILES string of the molecule is CC(C)[C@@H](CNC(=O)NCCCn1ccnc1)N1CCN(C)CC1.